The summed E-state index contributed by atoms with van der Waals surface area (Å²) in [6.45, 7) is 1.97. The van der Waals surface area contributed by atoms with Crippen molar-refractivity contribution >= 4 is 29.3 Å². The van der Waals surface area contributed by atoms with Crippen LogP contribution in [0.2, 0.25) is 0 Å². The molecule has 0 saturated heterocycles. The Labute approximate surface area is 133 Å². The van der Waals surface area contributed by atoms with Crippen LogP contribution in [-0.4, -0.2) is 24.7 Å². The van der Waals surface area contributed by atoms with E-state index < -0.39 is 5.97 Å². The SMILES string of the molecule is COC(=O)c1ccc(CSCC(=O)Nc2cccc(C)c2)o1. The number of furan rings is 1. The highest BCUT2D eigenvalue weighted by molar-refractivity contribution is 7.99. The Bertz CT molecular complexity index is 666. The number of aryl methyl sites for hydroxylation is 1. The molecule has 0 unspecified atom stereocenters. The summed E-state index contributed by atoms with van der Waals surface area (Å²) in [5.74, 6) is 1.04. The molecule has 0 aliphatic rings. The van der Waals surface area contributed by atoms with E-state index in [1.807, 2.05) is 31.2 Å². The number of rotatable bonds is 6. The fourth-order valence-electron chi connectivity index (χ4n) is 1.83. The quantitative estimate of drug-likeness (QED) is 0.828. The second-order valence-corrected chi connectivity index (χ2v) is 5.65. The summed E-state index contributed by atoms with van der Waals surface area (Å²) in [6, 6.07) is 10.9. The highest BCUT2D eigenvalue weighted by atomic mass is 32.2. The molecular formula is C16H17NO4S. The topological polar surface area (TPSA) is 68.5 Å². The maximum Gasteiger partial charge on any atom is 0.373 e. The standard InChI is InChI=1S/C16H17NO4S/c1-11-4-3-5-12(8-11)17-15(18)10-22-9-13-6-7-14(21-13)16(19)20-2/h3-8H,9-10H2,1-2H3,(H,17,18). The predicted octanol–water partition coefficient (Wildman–Crippen LogP) is 3.25. The lowest BCUT2D eigenvalue weighted by atomic mass is 10.2. The van der Waals surface area contributed by atoms with E-state index in [1.54, 1.807) is 12.1 Å². The monoisotopic (exact) mass is 319 g/mol. The zero-order chi connectivity index (χ0) is 15.9. The number of amides is 1. The summed E-state index contributed by atoms with van der Waals surface area (Å²) in [6.07, 6.45) is 0. The minimum atomic E-state index is -0.506. The maximum absolute atomic E-state index is 11.8. The van der Waals surface area contributed by atoms with Crippen LogP contribution in [0.3, 0.4) is 0 Å². The van der Waals surface area contributed by atoms with Crippen molar-refractivity contribution in [2.24, 2.45) is 0 Å². The van der Waals surface area contributed by atoms with Crippen molar-refractivity contribution in [3.05, 3.63) is 53.5 Å². The molecule has 1 heterocycles. The fourth-order valence-corrected chi connectivity index (χ4v) is 2.55. The smallest absolute Gasteiger partial charge is 0.373 e. The van der Waals surface area contributed by atoms with Gasteiger partial charge in [-0.25, -0.2) is 4.79 Å². The second-order valence-electron chi connectivity index (χ2n) is 4.67. The number of hydrogen-bond acceptors (Lipinski definition) is 5. The number of methoxy groups -OCH3 is 1. The van der Waals surface area contributed by atoms with Gasteiger partial charge in [0, 0.05) is 5.69 Å². The summed E-state index contributed by atoms with van der Waals surface area (Å²) in [7, 11) is 1.30. The molecule has 0 aliphatic heterocycles. The Hall–Kier alpha value is -2.21. The lowest BCUT2D eigenvalue weighted by Crippen LogP contribution is -2.14. The number of carbonyl (C=O) groups is 2. The maximum atomic E-state index is 11.8. The van der Waals surface area contributed by atoms with E-state index in [0.717, 1.165) is 11.3 Å². The number of benzene rings is 1. The number of carbonyl (C=O) groups excluding carboxylic acids is 2. The van der Waals surface area contributed by atoms with Gasteiger partial charge in [-0.2, -0.15) is 0 Å². The van der Waals surface area contributed by atoms with E-state index in [1.165, 1.54) is 18.9 Å². The van der Waals surface area contributed by atoms with Crippen molar-refractivity contribution in [2.45, 2.75) is 12.7 Å². The summed E-state index contributed by atoms with van der Waals surface area (Å²) < 4.78 is 9.89. The predicted molar refractivity (Wildman–Crippen MR) is 86.0 cm³/mol. The van der Waals surface area contributed by atoms with E-state index in [4.69, 9.17) is 4.42 Å². The van der Waals surface area contributed by atoms with Gasteiger partial charge in [-0.1, -0.05) is 12.1 Å². The van der Waals surface area contributed by atoms with Gasteiger partial charge in [-0.05, 0) is 36.8 Å². The van der Waals surface area contributed by atoms with E-state index in [-0.39, 0.29) is 11.7 Å². The summed E-state index contributed by atoms with van der Waals surface area (Å²) in [5, 5.41) is 2.84. The van der Waals surface area contributed by atoms with Gasteiger partial charge in [-0.3, -0.25) is 4.79 Å². The molecule has 0 radical (unpaired) electrons. The molecule has 1 amide bonds. The zero-order valence-electron chi connectivity index (χ0n) is 12.4. The van der Waals surface area contributed by atoms with Gasteiger partial charge in [-0.15, -0.1) is 11.8 Å². The molecule has 2 aromatic rings. The molecule has 1 aromatic carbocycles. The third-order valence-corrected chi connectivity index (χ3v) is 3.78. The van der Waals surface area contributed by atoms with Crippen LogP contribution < -0.4 is 5.32 Å². The molecule has 5 nitrogen and oxygen atoms in total. The molecule has 0 aliphatic carbocycles. The first-order valence-corrected chi connectivity index (χ1v) is 7.85. The van der Waals surface area contributed by atoms with Crippen LogP contribution in [0.1, 0.15) is 21.9 Å². The summed E-state index contributed by atoms with van der Waals surface area (Å²) in [4.78, 5) is 23.1. The first-order valence-electron chi connectivity index (χ1n) is 6.70. The van der Waals surface area contributed by atoms with Gasteiger partial charge in [0.05, 0.1) is 18.6 Å². The van der Waals surface area contributed by atoms with Crippen LogP contribution in [0.4, 0.5) is 5.69 Å². The highest BCUT2D eigenvalue weighted by Crippen LogP contribution is 2.17. The van der Waals surface area contributed by atoms with Crippen LogP contribution in [0.25, 0.3) is 0 Å². The van der Waals surface area contributed by atoms with Crippen molar-refractivity contribution in [1.29, 1.82) is 0 Å². The highest BCUT2D eigenvalue weighted by Gasteiger charge is 2.11. The lowest BCUT2D eigenvalue weighted by Gasteiger charge is -2.05. The van der Waals surface area contributed by atoms with Crippen LogP contribution in [0.5, 0.6) is 0 Å². The number of hydrogen-bond donors (Lipinski definition) is 1. The minimum Gasteiger partial charge on any atom is -0.463 e. The molecular weight excluding hydrogens is 302 g/mol. The molecule has 22 heavy (non-hydrogen) atoms. The lowest BCUT2D eigenvalue weighted by molar-refractivity contribution is -0.113. The fraction of sp³-hybridized carbons (Fsp3) is 0.250. The van der Waals surface area contributed by atoms with Gasteiger partial charge in [0.2, 0.25) is 11.7 Å². The van der Waals surface area contributed by atoms with E-state index in [0.29, 0.717) is 17.3 Å². The Morgan fingerprint density at radius 1 is 1.27 bits per heavy atom. The normalized spacial score (nSPS) is 10.3. The van der Waals surface area contributed by atoms with Gasteiger partial charge in [0.15, 0.2) is 0 Å². The van der Waals surface area contributed by atoms with E-state index in [9.17, 15) is 9.59 Å². The number of nitrogens with one attached hydrogen (secondary N) is 1. The van der Waals surface area contributed by atoms with Crippen molar-refractivity contribution in [3.63, 3.8) is 0 Å². The molecule has 2 rings (SSSR count). The molecule has 0 spiro atoms. The van der Waals surface area contributed by atoms with Gasteiger partial charge in [0.25, 0.3) is 0 Å². The first kappa shape index (κ1) is 16.2. The van der Waals surface area contributed by atoms with Crippen molar-refractivity contribution in [3.8, 4) is 0 Å². The number of thioether (sulfide) groups is 1. The van der Waals surface area contributed by atoms with Gasteiger partial charge in [0.1, 0.15) is 5.76 Å². The molecule has 0 atom stereocenters. The van der Waals surface area contributed by atoms with Crippen LogP contribution >= 0.6 is 11.8 Å². The third kappa shape index (κ3) is 4.66. The molecule has 116 valence electrons. The summed E-state index contributed by atoms with van der Waals surface area (Å²) in [5.41, 5.74) is 1.88. The Morgan fingerprint density at radius 2 is 2.09 bits per heavy atom. The molecule has 1 aromatic heterocycles. The first-order chi connectivity index (χ1) is 10.6. The Kier molecular flexibility index (Phi) is 5.66. The number of anilines is 1. The largest absolute Gasteiger partial charge is 0.463 e. The van der Waals surface area contributed by atoms with Crippen LogP contribution in [-0.2, 0) is 15.3 Å². The van der Waals surface area contributed by atoms with Crippen LogP contribution in [0.15, 0.2) is 40.8 Å². The van der Waals surface area contributed by atoms with Gasteiger partial charge < -0.3 is 14.5 Å². The third-order valence-electron chi connectivity index (χ3n) is 2.83. The summed E-state index contributed by atoms with van der Waals surface area (Å²) >= 11 is 1.41. The van der Waals surface area contributed by atoms with Crippen molar-refractivity contribution in [2.75, 3.05) is 18.2 Å². The Balaban J connectivity index is 1.77. The molecule has 0 saturated carbocycles. The molecule has 6 heteroatoms. The van der Waals surface area contributed by atoms with Crippen molar-refractivity contribution < 1.29 is 18.7 Å². The van der Waals surface area contributed by atoms with E-state index >= 15 is 0 Å². The van der Waals surface area contributed by atoms with Crippen LogP contribution in [0, 0.1) is 6.92 Å². The van der Waals surface area contributed by atoms with Gasteiger partial charge >= 0.3 is 5.97 Å². The molecule has 1 N–H and O–H groups in total. The average molecular weight is 319 g/mol. The number of ether oxygens (including phenoxy) is 1. The number of esters is 1. The molecule has 0 fully saturated rings. The molecule has 0 bridgehead atoms. The Morgan fingerprint density at radius 3 is 2.82 bits per heavy atom. The van der Waals surface area contributed by atoms with Crippen molar-refractivity contribution in [1.82, 2.24) is 0 Å². The van der Waals surface area contributed by atoms with E-state index in [2.05, 4.69) is 10.1 Å². The zero-order valence-corrected chi connectivity index (χ0v) is 13.2. The average Bonchev–Trinajstić information content (AvgIpc) is 2.95. The minimum absolute atomic E-state index is 0.0738. The second kappa shape index (κ2) is 7.70.